The normalized spacial score (nSPS) is 14.4. The molecule has 0 unspecified atom stereocenters. The molecule has 172 valence electrons. The van der Waals surface area contributed by atoms with Gasteiger partial charge >= 0.3 is 18.2 Å². The number of carbonyl (C=O) groups excluding carboxylic acids is 2. The molecule has 2 N–H and O–H groups in total. The molecule has 32 heavy (non-hydrogen) atoms. The average Bonchev–Trinajstić information content (AvgIpc) is 3.04. The van der Waals surface area contributed by atoms with E-state index in [0.717, 1.165) is 30.8 Å². The summed E-state index contributed by atoms with van der Waals surface area (Å²) in [5.74, 6) is -2.13. The third-order valence-electron chi connectivity index (χ3n) is 5.16. The zero-order valence-electron chi connectivity index (χ0n) is 17.6. The van der Waals surface area contributed by atoms with Crippen LogP contribution < -0.4 is 20.3 Å². The minimum absolute atomic E-state index is 0.184. The van der Waals surface area contributed by atoms with Crippen LogP contribution in [0.1, 0.15) is 31.2 Å². The molecule has 2 aromatic rings. The number of alkyl halides is 3. The highest BCUT2D eigenvalue weighted by Crippen LogP contribution is 2.24. The van der Waals surface area contributed by atoms with Crippen molar-refractivity contribution < 1.29 is 27.5 Å². The largest absolute Gasteiger partial charge is 0.573 e. The van der Waals surface area contributed by atoms with E-state index in [4.69, 9.17) is 0 Å². The first kappa shape index (κ1) is 23.4. The number of rotatable bonds is 6. The van der Waals surface area contributed by atoms with E-state index in [1.165, 1.54) is 43.5 Å². The Labute approximate surface area is 184 Å². The molecule has 0 aromatic heterocycles. The molecule has 1 aliphatic heterocycles. The van der Waals surface area contributed by atoms with E-state index in [2.05, 4.69) is 32.4 Å². The van der Waals surface area contributed by atoms with Gasteiger partial charge in [-0.25, -0.2) is 0 Å². The van der Waals surface area contributed by atoms with Crippen LogP contribution in [0.25, 0.3) is 0 Å². The van der Waals surface area contributed by atoms with Crippen molar-refractivity contribution in [3.05, 3.63) is 54.1 Å². The van der Waals surface area contributed by atoms with E-state index in [1.807, 2.05) is 12.1 Å². The summed E-state index contributed by atoms with van der Waals surface area (Å²) in [5, 5.41) is 4.88. The average molecular weight is 449 g/mol. The maximum Gasteiger partial charge on any atom is 0.573 e. The van der Waals surface area contributed by atoms with Crippen LogP contribution >= 0.6 is 0 Å². The fraction of sp³-hybridized carbons (Fsp3) is 0.391. The molecule has 2 aromatic carbocycles. The molecule has 1 fully saturated rings. The number of nitrogens with zero attached hydrogens (tertiary/aromatic N) is 1. The molecule has 0 aliphatic carbocycles. The van der Waals surface area contributed by atoms with Crippen molar-refractivity contribution in [1.29, 1.82) is 0 Å². The van der Waals surface area contributed by atoms with Crippen molar-refractivity contribution in [2.75, 3.05) is 29.9 Å². The van der Waals surface area contributed by atoms with Gasteiger partial charge in [0.1, 0.15) is 5.75 Å². The summed E-state index contributed by atoms with van der Waals surface area (Å²) in [4.78, 5) is 26.4. The lowest BCUT2D eigenvalue weighted by atomic mass is 10.1. The summed E-state index contributed by atoms with van der Waals surface area (Å²) in [5.41, 5.74) is 2.43. The molecule has 1 heterocycles. The highest BCUT2D eigenvalue weighted by Gasteiger charge is 2.31. The van der Waals surface area contributed by atoms with Crippen LogP contribution in [-0.2, 0) is 16.0 Å². The summed E-state index contributed by atoms with van der Waals surface area (Å²) in [6.45, 7) is 2.43. The van der Waals surface area contributed by atoms with Crippen molar-refractivity contribution in [2.24, 2.45) is 0 Å². The number of halogens is 3. The van der Waals surface area contributed by atoms with Crippen LogP contribution in [0.2, 0.25) is 0 Å². The van der Waals surface area contributed by atoms with E-state index in [0.29, 0.717) is 6.42 Å². The van der Waals surface area contributed by atoms with Crippen molar-refractivity contribution in [1.82, 2.24) is 5.32 Å². The number of hydrogen-bond donors (Lipinski definition) is 2. The number of hydrogen-bond acceptors (Lipinski definition) is 4. The molecule has 0 spiro atoms. The first-order valence-corrected chi connectivity index (χ1v) is 10.6. The Morgan fingerprint density at radius 2 is 1.50 bits per heavy atom. The molecule has 1 saturated heterocycles. The van der Waals surface area contributed by atoms with E-state index in [-0.39, 0.29) is 12.2 Å². The second-order valence-electron chi connectivity index (χ2n) is 7.60. The minimum Gasteiger partial charge on any atom is -0.406 e. The van der Waals surface area contributed by atoms with Crippen LogP contribution in [-0.4, -0.2) is 37.8 Å². The third kappa shape index (κ3) is 7.47. The maximum absolute atomic E-state index is 12.2. The number of nitrogens with one attached hydrogen (secondary N) is 2. The van der Waals surface area contributed by atoms with Gasteiger partial charge in [-0.3, -0.25) is 9.59 Å². The molecule has 2 amide bonds. The number of ether oxygens (including phenoxy) is 1. The van der Waals surface area contributed by atoms with E-state index >= 15 is 0 Å². The van der Waals surface area contributed by atoms with Crippen LogP contribution in [0.15, 0.2) is 48.5 Å². The predicted octanol–water partition coefficient (Wildman–Crippen LogP) is 4.26. The van der Waals surface area contributed by atoms with Crippen molar-refractivity contribution in [3.8, 4) is 5.75 Å². The van der Waals surface area contributed by atoms with Crippen LogP contribution in [0.5, 0.6) is 5.75 Å². The lowest BCUT2D eigenvalue weighted by Crippen LogP contribution is -2.36. The highest BCUT2D eigenvalue weighted by atomic mass is 19.4. The standard InChI is InChI=1S/C23H26F3N3O3/c24-23(25,26)32-20-11-7-18(8-12-20)28-22(31)21(30)27-14-13-17-5-9-19(10-6-17)29-15-3-1-2-4-16-29/h5-12H,1-4,13-16H2,(H,27,30)(H,28,31). The Kier molecular flexibility index (Phi) is 7.97. The Balaban J connectivity index is 1.41. The Bertz CT molecular complexity index is 891. The van der Waals surface area contributed by atoms with Crippen molar-refractivity contribution >= 4 is 23.2 Å². The van der Waals surface area contributed by atoms with Gasteiger partial charge in [0.15, 0.2) is 0 Å². The van der Waals surface area contributed by atoms with Gasteiger partial charge in [-0.2, -0.15) is 0 Å². The quantitative estimate of drug-likeness (QED) is 0.647. The summed E-state index contributed by atoms with van der Waals surface area (Å²) in [6.07, 6.45) is 0.753. The smallest absolute Gasteiger partial charge is 0.406 e. The molecule has 6 nitrogen and oxygen atoms in total. The fourth-order valence-electron chi connectivity index (χ4n) is 3.53. The topological polar surface area (TPSA) is 70.7 Å². The second kappa shape index (κ2) is 10.9. The first-order chi connectivity index (χ1) is 15.3. The Morgan fingerprint density at radius 1 is 0.875 bits per heavy atom. The zero-order valence-corrected chi connectivity index (χ0v) is 17.6. The lowest BCUT2D eigenvalue weighted by Gasteiger charge is -2.22. The summed E-state index contributed by atoms with van der Waals surface area (Å²) in [7, 11) is 0. The number of benzene rings is 2. The molecule has 0 atom stereocenters. The zero-order chi connectivity index (χ0) is 23.0. The van der Waals surface area contributed by atoms with Crippen molar-refractivity contribution in [2.45, 2.75) is 38.5 Å². The third-order valence-corrected chi connectivity index (χ3v) is 5.16. The first-order valence-electron chi connectivity index (χ1n) is 10.6. The number of amides is 2. The van der Waals surface area contributed by atoms with Crippen LogP contribution in [0, 0.1) is 0 Å². The second-order valence-corrected chi connectivity index (χ2v) is 7.60. The lowest BCUT2D eigenvalue weighted by molar-refractivity contribution is -0.274. The Morgan fingerprint density at radius 3 is 2.09 bits per heavy atom. The summed E-state index contributed by atoms with van der Waals surface area (Å²) < 4.78 is 40.3. The molecule has 0 saturated carbocycles. The van der Waals surface area contributed by atoms with Gasteiger partial charge in [-0.1, -0.05) is 25.0 Å². The van der Waals surface area contributed by atoms with Gasteiger partial charge in [0.2, 0.25) is 0 Å². The maximum atomic E-state index is 12.2. The summed E-state index contributed by atoms with van der Waals surface area (Å²) in [6, 6.07) is 12.8. The van der Waals surface area contributed by atoms with E-state index in [1.54, 1.807) is 0 Å². The van der Waals surface area contributed by atoms with Gasteiger partial charge in [0.05, 0.1) is 0 Å². The number of carbonyl (C=O) groups is 2. The molecular formula is C23H26F3N3O3. The minimum atomic E-state index is -4.79. The fourth-order valence-corrected chi connectivity index (χ4v) is 3.53. The van der Waals surface area contributed by atoms with Gasteiger partial charge in [0.25, 0.3) is 0 Å². The Hall–Kier alpha value is -3.23. The highest BCUT2D eigenvalue weighted by molar-refractivity contribution is 6.39. The van der Waals surface area contributed by atoms with E-state index < -0.39 is 23.9 Å². The molecule has 0 bridgehead atoms. The van der Waals surface area contributed by atoms with E-state index in [9.17, 15) is 22.8 Å². The van der Waals surface area contributed by atoms with Gasteiger partial charge in [-0.05, 0) is 61.2 Å². The van der Waals surface area contributed by atoms with Gasteiger partial charge in [0, 0.05) is 31.0 Å². The molecule has 1 aliphatic rings. The monoisotopic (exact) mass is 449 g/mol. The molecule has 9 heteroatoms. The summed E-state index contributed by atoms with van der Waals surface area (Å²) >= 11 is 0. The predicted molar refractivity (Wildman–Crippen MR) is 116 cm³/mol. The SMILES string of the molecule is O=C(NCCc1ccc(N2CCCCCC2)cc1)C(=O)Nc1ccc(OC(F)(F)F)cc1. The van der Waals surface area contributed by atoms with Crippen LogP contribution in [0.3, 0.4) is 0 Å². The molecule has 0 radical (unpaired) electrons. The molecule has 3 rings (SSSR count). The number of anilines is 2. The van der Waals surface area contributed by atoms with Crippen LogP contribution in [0.4, 0.5) is 24.5 Å². The van der Waals surface area contributed by atoms with Gasteiger partial charge in [-0.15, -0.1) is 13.2 Å². The van der Waals surface area contributed by atoms with Gasteiger partial charge < -0.3 is 20.3 Å². The van der Waals surface area contributed by atoms with Crippen molar-refractivity contribution in [3.63, 3.8) is 0 Å². The molecular weight excluding hydrogens is 423 g/mol.